The average Bonchev–Trinajstić information content (AvgIpc) is 2.60. The topological polar surface area (TPSA) is 54.9 Å². The Bertz CT molecular complexity index is 533. The molecule has 0 amide bonds. The molecule has 1 aromatic carbocycles. The molecule has 0 unspecified atom stereocenters. The highest BCUT2D eigenvalue weighted by Crippen LogP contribution is 2.32. The van der Waals surface area contributed by atoms with E-state index in [1.54, 1.807) is 21.3 Å². The van der Waals surface area contributed by atoms with E-state index in [4.69, 9.17) is 9.47 Å². The molecule has 0 atom stereocenters. The second-order valence-corrected chi connectivity index (χ2v) is 6.51. The number of rotatable bonds is 9. The van der Waals surface area contributed by atoms with Gasteiger partial charge in [-0.1, -0.05) is 39.7 Å². The van der Waals surface area contributed by atoms with Crippen molar-refractivity contribution >= 4 is 29.9 Å². The third-order valence-corrected chi connectivity index (χ3v) is 4.16. The van der Waals surface area contributed by atoms with Crippen LogP contribution in [0.1, 0.15) is 45.6 Å². The van der Waals surface area contributed by atoms with Crippen molar-refractivity contribution in [1.29, 1.82) is 0 Å². The lowest BCUT2D eigenvalue weighted by Crippen LogP contribution is -2.43. The minimum absolute atomic E-state index is 0. The van der Waals surface area contributed by atoms with E-state index in [0.29, 0.717) is 0 Å². The maximum atomic E-state index is 5.41. The Labute approximate surface area is 170 Å². The Morgan fingerprint density at radius 3 is 2.32 bits per heavy atom. The summed E-state index contributed by atoms with van der Waals surface area (Å²) in [5, 5.41) is 6.78. The standard InChI is InChI=1S/C19H33N3O2.HI/c1-7-8-9-12-21-18(20-4)22-14-19(2,3)15-10-11-16(23-5)17(13-15)24-6;/h10-11,13H,7-9,12,14H2,1-6H3,(H2,20,21,22);1H. The van der Waals surface area contributed by atoms with Crippen LogP contribution in [0.25, 0.3) is 0 Å². The second-order valence-electron chi connectivity index (χ2n) is 6.51. The quantitative estimate of drug-likeness (QED) is 0.252. The molecule has 2 N–H and O–H groups in total. The van der Waals surface area contributed by atoms with E-state index in [9.17, 15) is 0 Å². The summed E-state index contributed by atoms with van der Waals surface area (Å²) in [6.07, 6.45) is 3.62. The van der Waals surface area contributed by atoms with Crippen molar-refractivity contribution in [3.05, 3.63) is 23.8 Å². The highest BCUT2D eigenvalue weighted by molar-refractivity contribution is 14.0. The van der Waals surface area contributed by atoms with Crippen molar-refractivity contribution in [3.8, 4) is 11.5 Å². The number of nitrogens with one attached hydrogen (secondary N) is 2. The molecule has 0 aliphatic carbocycles. The van der Waals surface area contributed by atoms with Gasteiger partial charge in [-0.25, -0.2) is 0 Å². The van der Waals surface area contributed by atoms with Crippen LogP contribution in [0.15, 0.2) is 23.2 Å². The zero-order chi connectivity index (χ0) is 18.0. The Morgan fingerprint density at radius 2 is 1.76 bits per heavy atom. The lowest BCUT2D eigenvalue weighted by molar-refractivity contribution is 0.353. The number of hydrogen-bond donors (Lipinski definition) is 2. The number of hydrogen-bond acceptors (Lipinski definition) is 3. The van der Waals surface area contributed by atoms with Gasteiger partial charge in [0.15, 0.2) is 17.5 Å². The zero-order valence-electron chi connectivity index (χ0n) is 16.4. The summed E-state index contributed by atoms with van der Waals surface area (Å²) in [5.41, 5.74) is 1.12. The van der Waals surface area contributed by atoms with Crippen LogP contribution in [-0.4, -0.2) is 40.3 Å². The van der Waals surface area contributed by atoms with Gasteiger partial charge in [-0.3, -0.25) is 4.99 Å². The Morgan fingerprint density at radius 1 is 1.08 bits per heavy atom. The molecule has 0 saturated heterocycles. The van der Waals surface area contributed by atoms with Gasteiger partial charge in [0.1, 0.15) is 0 Å². The van der Waals surface area contributed by atoms with Gasteiger partial charge in [-0.05, 0) is 24.1 Å². The fraction of sp³-hybridized carbons (Fsp3) is 0.632. The SMILES string of the molecule is CCCCCNC(=NC)NCC(C)(C)c1ccc(OC)c(OC)c1.I. The molecule has 0 fully saturated rings. The van der Waals surface area contributed by atoms with Crippen LogP contribution in [0.2, 0.25) is 0 Å². The van der Waals surface area contributed by atoms with Crippen molar-refractivity contribution < 1.29 is 9.47 Å². The molecule has 0 aromatic heterocycles. The molecule has 144 valence electrons. The Hall–Kier alpha value is -1.18. The largest absolute Gasteiger partial charge is 0.493 e. The van der Waals surface area contributed by atoms with Crippen LogP contribution >= 0.6 is 24.0 Å². The van der Waals surface area contributed by atoms with Crippen LogP contribution in [0, 0.1) is 0 Å². The summed E-state index contributed by atoms with van der Waals surface area (Å²) in [6, 6.07) is 6.08. The summed E-state index contributed by atoms with van der Waals surface area (Å²) in [7, 11) is 5.12. The molecule has 0 spiro atoms. The van der Waals surface area contributed by atoms with Crippen molar-refractivity contribution in [1.82, 2.24) is 10.6 Å². The summed E-state index contributed by atoms with van der Waals surface area (Å²) in [6.45, 7) is 8.33. The normalized spacial score (nSPS) is 11.5. The summed E-state index contributed by atoms with van der Waals surface area (Å²) < 4.78 is 10.7. The second kappa shape index (κ2) is 12.2. The Balaban J connectivity index is 0.00000576. The minimum Gasteiger partial charge on any atom is -0.493 e. The highest BCUT2D eigenvalue weighted by atomic mass is 127. The molecule has 6 heteroatoms. The monoisotopic (exact) mass is 463 g/mol. The van der Waals surface area contributed by atoms with Gasteiger partial charge in [0.05, 0.1) is 14.2 Å². The first kappa shape index (κ1) is 23.8. The number of methoxy groups -OCH3 is 2. The highest BCUT2D eigenvalue weighted by Gasteiger charge is 2.22. The molecular weight excluding hydrogens is 429 g/mol. The summed E-state index contributed by atoms with van der Waals surface area (Å²) in [4.78, 5) is 4.29. The number of guanidine groups is 1. The molecule has 0 radical (unpaired) electrons. The molecule has 25 heavy (non-hydrogen) atoms. The average molecular weight is 463 g/mol. The molecular formula is C19H34IN3O2. The van der Waals surface area contributed by atoms with Gasteiger partial charge in [0, 0.05) is 25.6 Å². The molecule has 1 aromatic rings. The van der Waals surface area contributed by atoms with Gasteiger partial charge < -0.3 is 20.1 Å². The Kier molecular flexibility index (Phi) is 11.6. The molecule has 0 heterocycles. The van der Waals surface area contributed by atoms with E-state index in [0.717, 1.165) is 37.0 Å². The number of benzene rings is 1. The number of aliphatic imine (C=N–C) groups is 1. The first-order chi connectivity index (χ1) is 11.5. The van der Waals surface area contributed by atoms with Crippen LogP contribution in [-0.2, 0) is 5.41 Å². The van der Waals surface area contributed by atoms with Crippen LogP contribution < -0.4 is 20.1 Å². The summed E-state index contributed by atoms with van der Waals surface area (Å²) >= 11 is 0. The molecule has 0 aliphatic rings. The lowest BCUT2D eigenvalue weighted by atomic mass is 9.84. The van der Waals surface area contributed by atoms with E-state index in [2.05, 4.69) is 42.5 Å². The van der Waals surface area contributed by atoms with Gasteiger partial charge in [0.2, 0.25) is 0 Å². The number of halogens is 1. The lowest BCUT2D eigenvalue weighted by Gasteiger charge is -2.27. The fourth-order valence-corrected chi connectivity index (χ4v) is 2.47. The van der Waals surface area contributed by atoms with E-state index in [1.165, 1.54) is 18.4 Å². The first-order valence-electron chi connectivity index (χ1n) is 8.65. The zero-order valence-corrected chi connectivity index (χ0v) is 18.8. The smallest absolute Gasteiger partial charge is 0.191 e. The van der Waals surface area contributed by atoms with Crippen LogP contribution in [0.3, 0.4) is 0 Å². The van der Waals surface area contributed by atoms with E-state index >= 15 is 0 Å². The number of unbranched alkanes of at least 4 members (excludes halogenated alkanes) is 2. The van der Waals surface area contributed by atoms with Gasteiger partial charge in [-0.15, -0.1) is 24.0 Å². The van der Waals surface area contributed by atoms with E-state index in [1.807, 2.05) is 12.1 Å². The van der Waals surface area contributed by atoms with E-state index in [-0.39, 0.29) is 29.4 Å². The molecule has 0 aliphatic heterocycles. The third kappa shape index (κ3) is 7.71. The summed E-state index contributed by atoms with van der Waals surface area (Å²) in [5.74, 6) is 2.35. The molecule has 1 rings (SSSR count). The van der Waals surface area contributed by atoms with Crippen LogP contribution in [0.4, 0.5) is 0 Å². The molecule has 0 bridgehead atoms. The number of ether oxygens (including phenoxy) is 2. The van der Waals surface area contributed by atoms with Crippen molar-refractivity contribution in [2.24, 2.45) is 4.99 Å². The van der Waals surface area contributed by atoms with E-state index < -0.39 is 0 Å². The maximum absolute atomic E-state index is 5.41. The van der Waals surface area contributed by atoms with Crippen molar-refractivity contribution in [2.75, 3.05) is 34.4 Å². The maximum Gasteiger partial charge on any atom is 0.191 e. The van der Waals surface area contributed by atoms with Gasteiger partial charge in [-0.2, -0.15) is 0 Å². The van der Waals surface area contributed by atoms with Crippen LogP contribution in [0.5, 0.6) is 11.5 Å². The molecule has 0 saturated carbocycles. The van der Waals surface area contributed by atoms with Crippen molar-refractivity contribution in [2.45, 2.75) is 45.4 Å². The molecule has 5 nitrogen and oxygen atoms in total. The van der Waals surface area contributed by atoms with Gasteiger partial charge >= 0.3 is 0 Å². The predicted octanol–water partition coefficient (Wildman–Crippen LogP) is 3.95. The number of nitrogens with zero attached hydrogens (tertiary/aromatic N) is 1. The first-order valence-corrected chi connectivity index (χ1v) is 8.65. The predicted molar refractivity (Wildman–Crippen MR) is 117 cm³/mol. The third-order valence-electron chi connectivity index (χ3n) is 4.16. The van der Waals surface area contributed by atoms with Gasteiger partial charge in [0.25, 0.3) is 0 Å². The minimum atomic E-state index is -0.0689. The van der Waals surface area contributed by atoms with Crippen molar-refractivity contribution in [3.63, 3.8) is 0 Å². The fourth-order valence-electron chi connectivity index (χ4n) is 2.47.